The van der Waals surface area contributed by atoms with E-state index in [0.29, 0.717) is 11.3 Å². The summed E-state index contributed by atoms with van der Waals surface area (Å²) in [6.45, 7) is 8.57. The molecule has 3 aromatic rings. The standard InChI is InChI=1S/C34H44N6O7S2/c1-22(2)17-38(49(46,47)28-13-11-26(12-14-28)16-35-45)19-30(41)29(15-25-9-7-6-8-10-25)37-33(43)32(23(3)4)40-20-31(42)39(34(40)44)18-27-21-48-24(5)36-27/h6-14,16,21-23,29-30,32,41,45H,15,17-20H2,1-5H3,(H,37,43)/b35-16+/t29-,30+,32-/m0/s1. The average Bonchev–Trinajstić information content (AvgIpc) is 3.58. The molecule has 1 aliphatic heterocycles. The SMILES string of the molecule is Cc1nc(CN2C(=O)CN([C@H](C(=O)N[C@@H](Cc3ccccc3)[C@H](O)CN(CC(C)C)S(=O)(=O)c3ccc(/C=N/O)cc3)C(C)C)C2=O)cs1. The number of benzene rings is 2. The van der Waals surface area contributed by atoms with Gasteiger partial charge in [0.15, 0.2) is 0 Å². The Morgan fingerprint density at radius 2 is 1.76 bits per heavy atom. The highest BCUT2D eigenvalue weighted by Crippen LogP contribution is 2.24. The number of hydrogen-bond acceptors (Lipinski definition) is 10. The van der Waals surface area contributed by atoms with Crippen molar-refractivity contribution in [1.82, 2.24) is 24.4 Å². The van der Waals surface area contributed by atoms with Gasteiger partial charge in [-0.3, -0.25) is 14.5 Å². The number of sulfonamides is 1. The highest BCUT2D eigenvalue weighted by molar-refractivity contribution is 7.89. The lowest BCUT2D eigenvalue weighted by Gasteiger charge is -2.34. The summed E-state index contributed by atoms with van der Waals surface area (Å²) < 4.78 is 28.9. The van der Waals surface area contributed by atoms with Gasteiger partial charge < -0.3 is 20.5 Å². The Morgan fingerprint density at radius 1 is 1.08 bits per heavy atom. The number of carbonyl (C=O) groups is 3. The lowest BCUT2D eigenvalue weighted by atomic mass is 9.97. The Hall–Kier alpha value is -4.18. The first-order valence-electron chi connectivity index (χ1n) is 16.0. The molecule has 0 saturated carbocycles. The van der Waals surface area contributed by atoms with E-state index in [1.54, 1.807) is 19.2 Å². The van der Waals surface area contributed by atoms with E-state index in [9.17, 15) is 27.9 Å². The number of carbonyl (C=O) groups excluding carboxylic acids is 3. The van der Waals surface area contributed by atoms with Crippen molar-refractivity contribution in [2.75, 3.05) is 19.6 Å². The van der Waals surface area contributed by atoms with E-state index in [1.807, 2.05) is 51.1 Å². The van der Waals surface area contributed by atoms with Gasteiger partial charge in [-0.05, 0) is 48.4 Å². The lowest BCUT2D eigenvalue weighted by Crippen LogP contribution is -2.57. The fourth-order valence-electron chi connectivity index (χ4n) is 5.76. The minimum Gasteiger partial charge on any atom is -0.411 e. The second-order valence-corrected chi connectivity index (χ2v) is 15.8. The Labute approximate surface area is 291 Å². The number of aromatic nitrogens is 1. The van der Waals surface area contributed by atoms with Crippen molar-refractivity contribution < 1.29 is 33.1 Å². The van der Waals surface area contributed by atoms with E-state index in [4.69, 9.17) is 5.21 Å². The molecule has 1 aromatic heterocycles. The van der Waals surface area contributed by atoms with Crippen molar-refractivity contribution in [1.29, 1.82) is 0 Å². The predicted octanol–water partition coefficient (Wildman–Crippen LogP) is 3.48. The molecule has 49 heavy (non-hydrogen) atoms. The molecule has 1 saturated heterocycles. The Balaban J connectivity index is 1.59. The topological polar surface area (TPSA) is 173 Å². The molecule has 15 heteroatoms. The molecule has 4 amide bonds. The zero-order chi connectivity index (χ0) is 35.9. The summed E-state index contributed by atoms with van der Waals surface area (Å²) in [5, 5.41) is 29.0. The van der Waals surface area contributed by atoms with Crippen molar-refractivity contribution in [2.45, 2.75) is 70.7 Å². The fraction of sp³-hybridized carbons (Fsp3) is 0.441. The van der Waals surface area contributed by atoms with Crippen LogP contribution in [0.15, 0.2) is 70.0 Å². The van der Waals surface area contributed by atoms with Gasteiger partial charge in [-0.15, -0.1) is 11.3 Å². The van der Waals surface area contributed by atoms with Crippen LogP contribution in [0.2, 0.25) is 0 Å². The number of aliphatic hydroxyl groups excluding tert-OH is 1. The van der Waals surface area contributed by atoms with Crippen LogP contribution in [0.4, 0.5) is 4.79 Å². The van der Waals surface area contributed by atoms with Crippen LogP contribution < -0.4 is 5.32 Å². The first-order chi connectivity index (χ1) is 23.2. The third kappa shape index (κ3) is 9.50. The molecule has 2 heterocycles. The highest BCUT2D eigenvalue weighted by atomic mass is 32.2. The molecule has 0 radical (unpaired) electrons. The number of hydrogen-bond donors (Lipinski definition) is 3. The van der Waals surface area contributed by atoms with Crippen LogP contribution in [-0.4, -0.2) is 99.7 Å². The predicted molar refractivity (Wildman–Crippen MR) is 186 cm³/mol. The van der Waals surface area contributed by atoms with Gasteiger partial charge in [0.05, 0.1) is 40.5 Å². The van der Waals surface area contributed by atoms with Crippen molar-refractivity contribution in [3.8, 4) is 0 Å². The fourth-order valence-corrected chi connectivity index (χ4v) is 7.98. The van der Waals surface area contributed by atoms with Gasteiger partial charge >= 0.3 is 6.03 Å². The smallest absolute Gasteiger partial charge is 0.328 e. The minimum atomic E-state index is -4.09. The number of aliphatic hydroxyl groups is 1. The molecule has 0 aliphatic carbocycles. The molecule has 0 bridgehead atoms. The molecule has 1 fully saturated rings. The summed E-state index contributed by atoms with van der Waals surface area (Å²) in [4.78, 5) is 47.2. The Morgan fingerprint density at radius 3 is 2.33 bits per heavy atom. The summed E-state index contributed by atoms with van der Waals surface area (Å²) in [6, 6.07) is 12.4. The van der Waals surface area contributed by atoms with Crippen LogP contribution in [0.5, 0.6) is 0 Å². The maximum atomic E-state index is 14.0. The Kier molecular flexibility index (Phi) is 12.7. The summed E-state index contributed by atoms with van der Waals surface area (Å²) in [5.74, 6) is -1.50. The van der Waals surface area contributed by atoms with Crippen molar-refractivity contribution in [2.24, 2.45) is 17.0 Å². The number of urea groups is 1. The van der Waals surface area contributed by atoms with E-state index < -0.39 is 52.0 Å². The molecule has 13 nitrogen and oxygen atoms in total. The van der Waals surface area contributed by atoms with Crippen molar-refractivity contribution >= 4 is 45.4 Å². The quantitative estimate of drug-likeness (QED) is 0.0877. The lowest BCUT2D eigenvalue weighted by molar-refractivity contribution is -0.129. The molecule has 3 atom stereocenters. The Bertz CT molecular complexity index is 1730. The summed E-state index contributed by atoms with van der Waals surface area (Å²) in [5.41, 5.74) is 1.88. The van der Waals surface area contributed by atoms with Gasteiger partial charge in [0.1, 0.15) is 12.6 Å². The van der Waals surface area contributed by atoms with Gasteiger partial charge in [0.2, 0.25) is 15.9 Å². The van der Waals surface area contributed by atoms with Gasteiger partial charge in [0, 0.05) is 18.5 Å². The van der Waals surface area contributed by atoms with Gasteiger partial charge in [-0.25, -0.2) is 18.2 Å². The van der Waals surface area contributed by atoms with Crippen molar-refractivity contribution in [3.63, 3.8) is 0 Å². The summed E-state index contributed by atoms with van der Waals surface area (Å²) >= 11 is 1.41. The number of rotatable bonds is 16. The number of amides is 4. The molecule has 3 N–H and O–H groups in total. The third-order valence-corrected chi connectivity index (χ3v) is 10.7. The first-order valence-corrected chi connectivity index (χ1v) is 18.3. The number of oxime groups is 1. The highest BCUT2D eigenvalue weighted by Gasteiger charge is 2.44. The number of nitrogens with zero attached hydrogens (tertiary/aromatic N) is 5. The second-order valence-electron chi connectivity index (χ2n) is 12.8. The van der Waals surface area contributed by atoms with E-state index in [2.05, 4.69) is 15.5 Å². The summed E-state index contributed by atoms with van der Waals surface area (Å²) in [6.07, 6.45) is -0.00409. The van der Waals surface area contributed by atoms with Crippen LogP contribution in [0.25, 0.3) is 0 Å². The molecule has 4 rings (SSSR count). The van der Waals surface area contributed by atoms with E-state index >= 15 is 0 Å². The van der Waals surface area contributed by atoms with Crippen LogP contribution in [-0.2, 0) is 32.6 Å². The molecule has 264 valence electrons. The largest absolute Gasteiger partial charge is 0.411 e. The molecular weight excluding hydrogens is 669 g/mol. The minimum absolute atomic E-state index is 0.00179. The number of nitrogens with one attached hydrogen (secondary N) is 1. The van der Waals surface area contributed by atoms with Crippen LogP contribution in [0.3, 0.4) is 0 Å². The summed E-state index contributed by atoms with van der Waals surface area (Å²) in [7, 11) is -4.09. The number of thiazole rings is 1. The first kappa shape index (κ1) is 37.6. The third-order valence-electron chi connectivity index (χ3n) is 8.08. The normalized spacial score (nSPS) is 15.9. The van der Waals surface area contributed by atoms with E-state index in [-0.39, 0.29) is 43.4 Å². The van der Waals surface area contributed by atoms with Crippen LogP contribution in [0, 0.1) is 18.8 Å². The van der Waals surface area contributed by atoms with Crippen molar-refractivity contribution in [3.05, 3.63) is 81.8 Å². The van der Waals surface area contributed by atoms with E-state index in [0.717, 1.165) is 15.5 Å². The zero-order valence-corrected chi connectivity index (χ0v) is 29.9. The zero-order valence-electron chi connectivity index (χ0n) is 28.3. The molecule has 2 aromatic carbocycles. The average molecular weight is 713 g/mol. The molecule has 0 unspecified atom stereocenters. The molecule has 1 aliphatic rings. The molecule has 0 spiro atoms. The maximum Gasteiger partial charge on any atom is 0.328 e. The van der Waals surface area contributed by atoms with Gasteiger partial charge in [-0.1, -0.05) is 75.3 Å². The maximum absolute atomic E-state index is 14.0. The number of aryl methyl sites for hydroxylation is 1. The van der Waals surface area contributed by atoms with Crippen LogP contribution in [0.1, 0.15) is 49.5 Å². The second kappa shape index (κ2) is 16.5. The monoisotopic (exact) mass is 712 g/mol. The number of imide groups is 1. The molecular formula is C34H44N6O7S2. The van der Waals surface area contributed by atoms with E-state index in [1.165, 1.54) is 51.0 Å². The van der Waals surface area contributed by atoms with Gasteiger partial charge in [-0.2, -0.15) is 4.31 Å². The van der Waals surface area contributed by atoms with Gasteiger partial charge in [0.25, 0.3) is 5.91 Å². The van der Waals surface area contributed by atoms with Crippen LogP contribution >= 0.6 is 11.3 Å².